The topological polar surface area (TPSA) is 42.2 Å². The van der Waals surface area contributed by atoms with E-state index >= 15 is 0 Å². The van der Waals surface area contributed by atoms with Gasteiger partial charge in [-0.2, -0.15) is 5.26 Å². The number of methoxy groups -OCH3 is 2. The Labute approximate surface area is 138 Å². The lowest BCUT2D eigenvalue weighted by molar-refractivity contribution is 0.353. The predicted molar refractivity (Wildman–Crippen MR) is 91.9 cm³/mol. The fourth-order valence-electron chi connectivity index (χ4n) is 2.18. The van der Waals surface area contributed by atoms with Crippen LogP contribution < -0.4 is 9.47 Å². The quantitative estimate of drug-likeness (QED) is 0.580. The molecule has 0 bridgehead atoms. The lowest BCUT2D eigenvalue weighted by atomic mass is 10.0. The molecule has 0 N–H and O–H groups in total. The van der Waals surface area contributed by atoms with Gasteiger partial charge in [0.15, 0.2) is 11.5 Å². The van der Waals surface area contributed by atoms with Gasteiger partial charge in [0.25, 0.3) is 0 Å². The van der Waals surface area contributed by atoms with Crippen molar-refractivity contribution >= 4 is 27.6 Å². The Balaban J connectivity index is 2.51. The molecule has 0 fully saturated rings. The number of rotatable bonds is 4. The van der Waals surface area contributed by atoms with Crippen molar-refractivity contribution in [2.24, 2.45) is 0 Å². The summed E-state index contributed by atoms with van der Waals surface area (Å²) >= 11 is 3.46. The van der Waals surface area contributed by atoms with Crippen LogP contribution in [0.15, 0.2) is 40.9 Å². The predicted octanol–water partition coefficient (Wildman–Crippen LogP) is 4.84. The van der Waals surface area contributed by atoms with Gasteiger partial charge in [0, 0.05) is 0 Å². The van der Waals surface area contributed by atoms with Crippen LogP contribution in [0.5, 0.6) is 11.5 Å². The summed E-state index contributed by atoms with van der Waals surface area (Å²) in [5.74, 6) is 1.25. The first-order valence-electron chi connectivity index (χ1n) is 6.69. The van der Waals surface area contributed by atoms with Gasteiger partial charge in [-0.15, -0.1) is 0 Å². The van der Waals surface area contributed by atoms with E-state index in [1.807, 2.05) is 49.4 Å². The summed E-state index contributed by atoms with van der Waals surface area (Å²) in [4.78, 5) is 0. The minimum Gasteiger partial charge on any atom is -0.493 e. The van der Waals surface area contributed by atoms with E-state index in [-0.39, 0.29) is 0 Å². The lowest BCUT2D eigenvalue weighted by Crippen LogP contribution is -1.92. The second-order valence-corrected chi connectivity index (χ2v) is 5.63. The Morgan fingerprint density at radius 2 is 1.95 bits per heavy atom. The molecular formula is C18H16BrNO2. The van der Waals surface area contributed by atoms with E-state index in [9.17, 15) is 5.26 Å². The zero-order valence-corrected chi connectivity index (χ0v) is 14.3. The molecule has 4 heteroatoms. The molecule has 2 aromatic carbocycles. The van der Waals surface area contributed by atoms with Gasteiger partial charge in [-0.3, -0.25) is 0 Å². The van der Waals surface area contributed by atoms with Crippen LogP contribution in [0.4, 0.5) is 0 Å². The number of halogens is 1. The Morgan fingerprint density at radius 3 is 2.55 bits per heavy atom. The molecule has 0 aliphatic heterocycles. The molecule has 0 aliphatic carbocycles. The van der Waals surface area contributed by atoms with Crippen LogP contribution >= 0.6 is 15.9 Å². The molecule has 2 rings (SSSR count). The molecule has 0 aliphatic rings. The molecule has 112 valence electrons. The molecule has 0 amide bonds. The SMILES string of the molecule is COc1cc(/C=C(\C#N)c2cccc(C)c2)cc(Br)c1OC. The maximum atomic E-state index is 9.44. The van der Waals surface area contributed by atoms with Crippen LogP contribution in [0.25, 0.3) is 11.6 Å². The molecule has 0 saturated heterocycles. The molecule has 0 atom stereocenters. The van der Waals surface area contributed by atoms with Gasteiger partial charge in [-0.1, -0.05) is 29.8 Å². The Kier molecular flexibility index (Phi) is 5.24. The van der Waals surface area contributed by atoms with Crippen LogP contribution in [-0.2, 0) is 0 Å². The van der Waals surface area contributed by atoms with E-state index in [2.05, 4.69) is 22.0 Å². The molecule has 0 aromatic heterocycles. The van der Waals surface area contributed by atoms with E-state index in [0.29, 0.717) is 17.1 Å². The Morgan fingerprint density at radius 1 is 1.18 bits per heavy atom. The van der Waals surface area contributed by atoms with Crippen molar-refractivity contribution in [1.82, 2.24) is 0 Å². The summed E-state index contributed by atoms with van der Waals surface area (Å²) < 4.78 is 11.4. The highest BCUT2D eigenvalue weighted by Gasteiger charge is 2.10. The second-order valence-electron chi connectivity index (χ2n) is 4.78. The standard InChI is InChI=1S/C18H16BrNO2/c1-12-5-4-6-14(7-12)15(11-20)8-13-9-16(19)18(22-3)17(10-13)21-2/h4-10H,1-3H3/b15-8+. The third-order valence-electron chi connectivity index (χ3n) is 3.22. The van der Waals surface area contributed by atoms with Gasteiger partial charge < -0.3 is 9.47 Å². The fraction of sp³-hybridized carbons (Fsp3) is 0.167. The highest BCUT2D eigenvalue weighted by molar-refractivity contribution is 9.10. The van der Waals surface area contributed by atoms with Crippen LogP contribution in [-0.4, -0.2) is 14.2 Å². The van der Waals surface area contributed by atoms with E-state index in [1.54, 1.807) is 14.2 Å². The normalized spacial score (nSPS) is 11.0. The molecule has 0 unspecified atom stereocenters. The van der Waals surface area contributed by atoms with Gasteiger partial charge in [-0.05, 0) is 52.2 Å². The number of hydrogen-bond donors (Lipinski definition) is 0. The van der Waals surface area contributed by atoms with Crippen molar-refractivity contribution in [3.8, 4) is 17.6 Å². The van der Waals surface area contributed by atoms with Crippen LogP contribution in [0, 0.1) is 18.3 Å². The van der Waals surface area contributed by atoms with E-state index < -0.39 is 0 Å². The third kappa shape index (κ3) is 3.49. The van der Waals surface area contributed by atoms with E-state index in [1.165, 1.54) is 0 Å². The summed E-state index contributed by atoms with van der Waals surface area (Å²) in [6.07, 6.45) is 1.83. The molecule has 22 heavy (non-hydrogen) atoms. The number of ether oxygens (including phenoxy) is 2. The van der Waals surface area contributed by atoms with Crippen molar-refractivity contribution in [3.05, 3.63) is 57.6 Å². The smallest absolute Gasteiger partial charge is 0.174 e. The molecule has 2 aromatic rings. The van der Waals surface area contributed by atoms with Crippen LogP contribution in [0.2, 0.25) is 0 Å². The number of benzene rings is 2. The van der Waals surface area contributed by atoms with Gasteiger partial charge in [0.05, 0.1) is 30.3 Å². The molecule has 0 heterocycles. The van der Waals surface area contributed by atoms with Gasteiger partial charge >= 0.3 is 0 Å². The lowest BCUT2D eigenvalue weighted by Gasteiger charge is -2.11. The Bertz CT molecular complexity index is 760. The maximum absolute atomic E-state index is 9.44. The van der Waals surface area contributed by atoms with Crippen molar-refractivity contribution < 1.29 is 9.47 Å². The number of nitriles is 1. The average Bonchev–Trinajstić information content (AvgIpc) is 2.51. The largest absolute Gasteiger partial charge is 0.493 e. The van der Waals surface area contributed by atoms with Gasteiger partial charge in [0.2, 0.25) is 0 Å². The summed E-state index contributed by atoms with van der Waals surface area (Å²) in [5, 5.41) is 9.44. The highest BCUT2D eigenvalue weighted by atomic mass is 79.9. The first-order chi connectivity index (χ1) is 10.6. The second kappa shape index (κ2) is 7.15. The zero-order chi connectivity index (χ0) is 16.1. The Hall–Kier alpha value is -2.25. The van der Waals surface area contributed by atoms with Gasteiger partial charge in [-0.25, -0.2) is 0 Å². The minimum absolute atomic E-state index is 0.600. The summed E-state index contributed by atoms with van der Waals surface area (Å²) in [6, 6.07) is 13.9. The summed E-state index contributed by atoms with van der Waals surface area (Å²) in [5.41, 5.74) is 3.48. The summed E-state index contributed by atoms with van der Waals surface area (Å²) in [7, 11) is 3.18. The van der Waals surface area contributed by atoms with Crippen molar-refractivity contribution in [3.63, 3.8) is 0 Å². The average molecular weight is 358 g/mol. The minimum atomic E-state index is 0.600. The van der Waals surface area contributed by atoms with Gasteiger partial charge in [0.1, 0.15) is 0 Å². The number of aryl methyl sites for hydroxylation is 1. The molecular weight excluding hydrogens is 342 g/mol. The molecule has 3 nitrogen and oxygen atoms in total. The first-order valence-corrected chi connectivity index (χ1v) is 7.48. The van der Waals surface area contributed by atoms with Crippen LogP contribution in [0.3, 0.4) is 0 Å². The molecule has 0 radical (unpaired) electrons. The maximum Gasteiger partial charge on any atom is 0.174 e. The molecule has 0 spiro atoms. The highest BCUT2D eigenvalue weighted by Crippen LogP contribution is 2.37. The molecule has 0 saturated carbocycles. The summed E-state index contributed by atoms with van der Waals surface area (Å²) in [6.45, 7) is 2.01. The number of allylic oxidation sites excluding steroid dienone is 1. The van der Waals surface area contributed by atoms with Crippen molar-refractivity contribution in [2.45, 2.75) is 6.92 Å². The zero-order valence-electron chi connectivity index (χ0n) is 12.7. The van der Waals surface area contributed by atoms with E-state index in [4.69, 9.17) is 9.47 Å². The third-order valence-corrected chi connectivity index (χ3v) is 3.81. The van der Waals surface area contributed by atoms with Crippen molar-refractivity contribution in [2.75, 3.05) is 14.2 Å². The van der Waals surface area contributed by atoms with Crippen molar-refractivity contribution in [1.29, 1.82) is 5.26 Å². The monoisotopic (exact) mass is 357 g/mol. The van der Waals surface area contributed by atoms with E-state index in [0.717, 1.165) is 21.2 Å². The number of nitrogens with zero attached hydrogens (tertiary/aromatic N) is 1. The fourth-order valence-corrected chi connectivity index (χ4v) is 2.80. The van der Waals surface area contributed by atoms with Crippen LogP contribution in [0.1, 0.15) is 16.7 Å². The first kappa shape index (κ1) is 16.1. The number of hydrogen-bond acceptors (Lipinski definition) is 3.